The second-order valence-electron chi connectivity index (χ2n) is 2.03. The van der Waals surface area contributed by atoms with Gasteiger partial charge in [-0.15, -0.1) is 0 Å². The number of likely N-dealkylation sites (N-methyl/N-ethyl adjacent to an activating group) is 1. The molecule has 0 rings (SSSR count). The van der Waals surface area contributed by atoms with Gasteiger partial charge in [0.1, 0.15) is 6.54 Å². The average Bonchev–Trinajstić information content (AvgIpc) is 2.02. The summed E-state index contributed by atoms with van der Waals surface area (Å²) < 4.78 is 0. The van der Waals surface area contributed by atoms with E-state index in [2.05, 4.69) is 13.8 Å². The van der Waals surface area contributed by atoms with Gasteiger partial charge in [0.05, 0.1) is 19.7 Å². The highest BCUT2D eigenvalue weighted by Crippen LogP contribution is 1.48. The van der Waals surface area contributed by atoms with E-state index in [0.717, 1.165) is 19.6 Å². The average molecular weight is 163 g/mol. The maximum absolute atomic E-state index is 8.48. The number of hydrogen-bond acceptors (Lipinski definition) is 3. The number of nitrogens with one attached hydrogen (secondary N) is 1. The van der Waals surface area contributed by atoms with Crippen molar-refractivity contribution >= 4 is 6.47 Å². The number of carbonyl (C=O) groups excluding carboxylic acids is 1. The fourth-order valence-electron chi connectivity index (χ4n) is 0.762. The summed E-state index contributed by atoms with van der Waals surface area (Å²) >= 11 is 0. The summed E-state index contributed by atoms with van der Waals surface area (Å²) in [5.41, 5.74) is 0. The first-order valence-corrected chi connectivity index (χ1v) is 3.76. The molecule has 0 aliphatic heterocycles. The first kappa shape index (κ1) is 13.0. The Kier molecular flexibility index (Phi) is 14.3. The smallest absolute Gasteiger partial charge is 0.101 e. The molecule has 0 amide bonds. The molecule has 68 valence electrons. The van der Waals surface area contributed by atoms with Gasteiger partial charge in [-0.25, -0.2) is 0 Å². The van der Waals surface area contributed by atoms with Gasteiger partial charge in [0.2, 0.25) is 0 Å². The Hall–Kier alpha value is -0.610. The lowest BCUT2D eigenvalue weighted by Gasteiger charge is -2.12. The summed E-state index contributed by atoms with van der Waals surface area (Å²) in [6.07, 6.45) is 0. The highest BCUT2D eigenvalue weighted by molar-refractivity contribution is 5.29. The molecule has 0 aliphatic carbocycles. The molecule has 0 aromatic rings. The Morgan fingerprint density at radius 2 is 1.82 bits per heavy atom. The standard InChI is InChI=1S/C6H15NO.CH2O2/c1-3-7(4-2)5-6-8;2-1-3/h8H,3-6H2,1-2H3;1H,(H,2,3). The van der Waals surface area contributed by atoms with Crippen LogP contribution in [-0.4, -0.2) is 37.8 Å². The van der Waals surface area contributed by atoms with Crippen molar-refractivity contribution in [2.24, 2.45) is 0 Å². The Balaban J connectivity index is 0. The molecule has 0 fully saturated rings. The fraction of sp³-hybridized carbons (Fsp3) is 0.857. The van der Waals surface area contributed by atoms with Crippen LogP contribution in [0.1, 0.15) is 13.8 Å². The van der Waals surface area contributed by atoms with Crippen molar-refractivity contribution in [3.8, 4) is 0 Å². The largest absolute Gasteiger partial charge is 0.554 e. The molecule has 0 bridgehead atoms. The second-order valence-corrected chi connectivity index (χ2v) is 2.03. The van der Waals surface area contributed by atoms with Gasteiger partial charge in [0.25, 0.3) is 0 Å². The molecule has 2 N–H and O–H groups in total. The van der Waals surface area contributed by atoms with Crippen LogP contribution in [0.3, 0.4) is 0 Å². The number of rotatable bonds is 4. The van der Waals surface area contributed by atoms with E-state index in [-0.39, 0.29) is 0 Å². The van der Waals surface area contributed by atoms with Gasteiger partial charge in [-0.3, -0.25) is 0 Å². The van der Waals surface area contributed by atoms with Crippen molar-refractivity contribution in [3.63, 3.8) is 0 Å². The van der Waals surface area contributed by atoms with E-state index in [1.54, 1.807) is 0 Å². The van der Waals surface area contributed by atoms with Crippen LogP contribution in [0.5, 0.6) is 0 Å². The van der Waals surface area contributed by atoms with Gasteiger partial charge in [-0.2, -0.15) is 0 Å². The van der Waals surface area contributed by atoms with Crippen molar-refractivity contribution < 1.29 is 19.9 Å². The molecule has 0 saturated heterocycles. The number of aliphatic hydroxyl groups excluding tert-OH is 1. The summed E-state index contributed by atoms with van der Waals surface area (Å²) in [5.74, 6) is 0. The minimum absolute atomic E-state index is 0.316. The summed E-state index contributed by atoms with van der Waals surface area (Å²) in [6.45, 7) is 7.22. The van der Waals surface area contributed by atoms with Crippen molar-refractivity contribution in [2.75, 3.05) is 26.2 Å². The van der Waals surface area contributed by atoms with Gasteiger partial charge >= 0.3 is 0 Å². The number of carboxylic acid groups (broad SMARTS) is 1. The SMILES string of the molecule is CC[NH+](CC)CCO.O=C[O-]. The monoisotopic (exact) mass is 163 g/mol. The summed E-state index contributed by atoms with van der Waals surface area (Å²) in [6, 6.07) is 0. The van der Waals surface area contributed by atoms with Crippen LogP contribution in [0.2, 0.25) is 0 Å². The minimum Gasteiger partial charge on any atom is -0.554 e. The minimum atomic E-state index is -0.500. The van der Waals surface area contributed by atoms with Crippen molar-refractivity contribution in [1.82, 2.24) is 0 Å². The zero-order chi connectivity index (χ0) is 9.11. The molecule has 0 aromatic carbocycles. The fourth-order valence-corrected chi connectivity index (χ4v) is 0.762. The molecule has 4 nitrogen and oxygen atoms in total. The molecule has 0 unspecified atom stereocenters. The van der Waals surface area contributed by atoms with E-state index in [0.29, 0.717) is 6.61 Å². The number of aliphatic hydroxyl groups is 1. The van der Waals surface area contributed by atoms with Gasteiger partial charge in [-0.1, -0.05) is 0 Å². The van der Waals surface area contributed by atoms with Crippen molar-refractivity contribution in [1.29, 1.82) is 0 Å². The van der Waals surface area contributed by atoms with E-state index in [4.69, 9.17) is 15.0 Å². The molecule has 11 heavy (non-hydrogen) atoms. The molecule has 0 atom stereocenters. The lowest BCUT2D eigenvalue weighted by atomic mass is 10.5. The molecule has 0 spiro atoms. The van der Waals surface area contributed by atoms with Gasteiger partial charge in [0, 0.05) is 6.47 Å². The van der Waals surface area contributed by atoms with Gasteiger partial charge in [-0.05, 0) is 13.8 Å². The highest BCUT2D eigenvalue weighted by atomic mass is 16.3. The third kappa shape index (κ3) is 12.6. The third-order valence-corrected chi connectivity index (χ3v) is 1.47. The maximum atomic E-state index is 8.48. The zero-order valence-electron chi connectivity index (χ0n) is 7.17. The molecule has 0 aromatic heterocycles. The van der Waals surface area contributed by atoms with Crippen LogP contribution in [-0.2, 0) is 4.79 Å². The summed E-state index contributed by atoms with van der Waals surface area (Å²) in [7, 11) is 0. The Morgan fingerprint density at radius 3 is 1.91 bits per heavy atom. The number of carbonyl (C=O) groups is 1. The quantitative estimate of drug-likeness (QED) is 0.442. The third-order valence-electron chi connectivity index (χ3n) is 1.47. The highest BCUT2D eigenvalue weighted by Gasteiger charge is 1.97. The first-order chi connectivity index (χ1) is 5.26. The summed E-state index contributed by atoms with van der Waals surface area (Å²) in [4.78, 5) is 9.72. The van der Waals surface area contributed by atoms with Crippen LogP contribution in [0.4, 0.5) is 0 Å². The molecule has 4 heteroatoms. The maximum Gasteiger partial charge on any atom is 0.101 e. The molecule has 0 aliphatic rings. The Bertz CT molecular complexity index is 74.1. The van der Waals surface area contributed by atoms with E-state index in [1.165, 1.54) is 4.90 Å². The van der Waals surface area contributed by atoms with Crippen LogP contribution in [0.25, 0.3) is 0 Å². The summed E-state index contributed by atoms with van der Waals surface area (Å²) in [5, 5.41) is 16.7. The molecular weight excluding hydrogens is 146 g/mol. The molecule has 0 radical (unpaired) electrons. The molecule has 0 heterocycles. The number of hydrogen-bond donors (Lipinski definition) is 2. The first-order valence-electron chi connectivity index (χ1n) is 3.76. The Labute approximate surface area is 67.4 Å². The van der Waals surface area contributed by atoms with Crippen molar-refractivity contribution in [3.05, 3.63) is 0 Å². The van der Waals surface area contributed by atoms with Crippen LogP contribution in [0, 0.1) is 0 Å². The normalized spacial score (nSPS) is 8.73. The van der Waals surface area contributed by atoms with E-state index in [9.17, 15) is 0 Å². The zero-order valence-corrected chi connectivity index (χ0v) is 7.17. The van der Waals surface area contributed by atoms with Crippen LogP contribution >= 0.6 is 0 Å². The predicted molar refractivity (Wildman–Crippen MR) is 40.1 cm³/mol. The lowest BCUT2D eigenvalue weighted by molar-refractivity contribution is -0.896. The second kappa shape index (κ2) is 12.1. The Morgan fingerprint density at radius 1 is 1.45 bits per heavy atom. The topological polar surface area (TPSA) is 64.8 Å². The van der Waals surface area contributed by atoms with E-state index in [1.807, 2.05) is 0 Å². The molecular formula is C7H17NO3. The van der Waals surface area contributed by atoms with E-state index >= 15 is 0 Å². The van der Waals surface area contributed by atoms with Gasteiger partial charge in [0.15, 0.2) is 0 Å². The lowest BCUT2D eigenvalue weighted by Crippen LogP contribution is -3.11. The van der Waals surface area contributed by atoms with Crippen LogP contribution in [0.15, 0.2) is 0 Å². The van der Waals surface area contributed by atoms with Crippen molar-refractivity contribution in [2.45, 2.75) is 13.8 Å². The van der Waals surface area contributed by atoms with Crippen LogP contribution < -0.4 is 10.0 Å². The molecule has 0 saturated carbocycles. The van der Waals surface area contributed by atoms with E-state index < -0.39 is 6.47 Å². The van der Waals surface area contributed by atoms with Gasteiger partial charge < -0.3 is 19.9 Å². The predicted octanol–water partition coefficient (Wildman–Crippen LogP) is -2.73. The number of quaternary nitrogens is 1.